The van der Waals surface area contributed by atoms with Gasteiger partial charge in [0, 0.05) is 18.0 Å². The van der Waals surface area contributed by atoms with Gasteiger partial charge in [-0.25, -0.2) is 9.37 Å². The SMILES string of the molecule is O=C(Cn1cnccc1=O)Nc1ccc(F)cc1. The van der Waals surface area contributed by atoms with Crippen LogP contribution in [0.15, 0.2) is 47.7 Å². The summed E-state index contributed by atoms with van der Waals surface area (Å²) in [5, 5.41) is 2.55. The van der Waals surface area contributed by atoms with Crippen LogP contribution in [-0.4, -0.2) is 15.5 Å². The minimum atomic E-state index is -0.378. The highest BCUT2D eigenvalue weighted by atomic mass is 19.1. The van der Waals surface area contributed by atoms with Gasteiger partial charge in [-0.1, -0.05) is 0 Å². The van der Waals surface area contributed by atoms with E-state index < -0.39 is 0 Å². The number of rotatable bonds is 3. The van der Waals surface area contributed by atoms with E-state index in [9.17, 15) is 14.0 Å². The molecule has 0 spiro atoms. The first-order valence-corrected chi connectivity index (χ1v) is 5.21. The summed E-state index contributed by atoms with van der Waals surface area (Å²) < 4.78 is 13.8. The number of carbonyl (C=O) groups excluding carboxylic acids is 1. The van der Waals surface area contributed by atoms with Crippen molar-refractivity contribution in [1.82, 2.24) is 9.55 Å². The Hall–Kier alpha value is -2.50. The predicted molar refractivity (Wildman–Crippen MR) is 63.5 cm³/mol. The Morgan fingerprint density at radius 2 is 2.00 bits per heavy atom. The van der Waals surface area contributed by atoms with Crippen molar-refractivity contribution in [3.8, 4) is 0 Å². The zero-order valence-electron chi connectivity index (χ0n) is 9.34. The fourth-order valence-electron chi connectivity index (χ4n) is 1.39. The molecule has 2 aromatic rings. The maximum absolute atomic E-state index is 12.7. The second kappa shape index (κ2) is 5.22. The van der Waals surface area contributed by atoms with Crippen molar-refractivity contribution in [2.45, 2.75) is 6.54 Å². The molecule has 92 valence electrons. The van der Waals surface area contributed by atoms with E-state index in [0.717, 1.165) is 0 Å². The molecule has 0 aliphatic heterocycles. The molecule has 0 aliphatic carbocycles. The number of nitrogens with zero attached hydrogens (tertiary/aromatic N) is 2. The number of nitrogens with one attached hydrogen (secondary N) is 1. The molecule has 1 N–H and O–H groups in total. The molecule has 6 heteroatoms. The molecule has 0 fully saturated rings. The number of amides is 1. The third kappa shape index (κ3) is 3.00. The maximum Gasteiger partial charge on any atom is 0.253 e. The first-order chi connectivity index (χ1) is 8.65. The molecule has 1 aromatic heterocycles. The molecule has 0 unspecified atom stereocenters. The summed E-state index contributed by atoms with van der Waals surface area (Å²) in [5.74, 6) is -0.756. The van der Waals surface area contributed by atoms with Gasteiger partial charge in [-0.05, 0) is 24.3 Å². The molecular formula is C12H10FN3O2. The Morgan fingerprint density at radius 1 is 1.28 bits per heavy atom. The summed E-state index contributed by atoms with van der Waals surface area (Å²) in [6.45, 7) is -0.135. The van der Waals surface area contributed by atoms with Gasteiger partial charge < -0.3 is 5.32 Å². The van der Waals surface area contributed by atoms with E-state index in [-0.39, 0.29) is 23.8 Å². The highest BCUT2D eigenvalue weighted by molar-refractivity contribution is 5.90. The van der Waals surface area contributed by atoms with E-state index in [1.807, 2.05) is 0 Å². The van der Waals surface area contributed by atoms with Crippen molar-refractivity contribution in [2.24, 2.45) is 0 Å². The number of halogens is 1. The van der Waals surface area contributed by atoms with Crippen LogP contribution in [0.4, 0.5) is 10.1 Å². The lowest BCUT2D eigenvalue weighted by Crippen LogP contribution is -2.26. The van der Waals surface area contributed by atoms with Crippen molar-refractivity contribution < 1.29 is 9.18 Å². The summed E-state index contributed by atoms with van der Waals surface area (Å²) in [5.41, 5.74) is 0.164. The first kappa shape index (κ1) is 12.0. The molecule has 5 nitrogen and oxygen atoms in total. The lowest BCUT2D eigenvalue weighted by atomic mass is 10.3. The molecule has 0 bridgehead atoms. The minimum absolute atomic E-state index is 0.135. The van der Waals surface area contributed by atoms with Crippen LogP contribution in [0.5, 0.6) is 0 Å². The number of carbonyl (C=O) groups is 1. The molecular weight excluding hydrogens is 237 g/mol. The molecule has 1 aromatic carbocycles. The van der Waals surface area contributed by atoms with Gasteiger partial charge in [0.25, 0.3) is 5.56 Å². The molecule has 1 heterocycles. The van der Waals surface area contributed by atoms with E-state index in [2.05, 4.69) is 10.3 Å². The number of hydrogen-bond donors (Lipinski definition) is 1. The van der Waals surface area contributed by atoms with Gasteiger partial charge in [-0.3, -0.25) is 14.2 Å². The van der Waals surface area contributed by atoms with Crippen molar-refractivity contribution >= 4 is 11.6 Å². The summed E-state index contributed by atoms with van der Waals surface area (Å²) in [4.78, 5) is 26.7. The topological polar surface area (TPSA) is 64.0 Å². The van der Waals surface area contributed by atoms with Gasteiger partial charge >= 0.3 is 0 Å². The highest BCUT2D eigenvalue weighted by Gasteiger charge is 2.04. The van der Waals surface area contributed by atoms with Gasteiger partial charge in [-0.15, -0.1) is 0 Å². The molecule has 1 amide bonds. The fourth-order valence-corrected chi connectivity index (χ4v) is 1.39. The zero-order chi connectivity index (χ0) is 13.0. The third-order valence-corrected chi connectivity index (χ3v) is 2.23. The Kier molecular flexibility index (Phi) is 3.47. The molecule has 0 atom stereocenters. The summed E-state index contributed by atoms with van der Waals surface area (Å²) in [6.07, 6.45) is 2.64. The van der Waals surface area contributed by atoms with Crippen LogP contribution in [0, 0.1) is 5.82 Å². The highest BCUT2D eigenvalue weighted by Crippen LogP contribution is 2.07. The van der Waals surface area contributed by atoms with Gasteiger partial charge in [0.1, 0.15) is 12.4 Å². The fraction of sp³-hybridized carbons (Fsp3) is 0.0833. The summed E-state index contributed by atoms with van der Waals surface area (Å²) in [6, 6.07) is 6.64. The maximum atomic E-state index is 12.7. The second-order valence-corrected chi connectivity index (χ2v) is 3.60. The first-order valence-electron chi connectivity index (χ1n) is 5.21. The van der Waals surface area contributed by atoms with Crippen LogP contribution < -0.4 is 10.9 Å². The van der Waals surface area contributed by atoms with Gasteiger partial charge in [-0.2, -0.15) is 0 Å². The largest absolute Gasteiger partial charge is 0.325 e. The number of hydrogen-bond acceptors (Lipinski definition) is 3. The number of anilines is 1. The van der Waals surface area contributed by atoms with Crippen LogP contribution >= 0.6 is 0 Å². The van der Waals surface area contributed by atoms with Crippen LogP contribution in [0.2, 0.25) is 0 Å². The van der Waals surface area contributed by atoms with E-state index in [1.54, 1.807) is 0 Å². The molecule has 18 heavy (non-hydrogen) atoms. The smallest absolute Gasteiger partial charge is 0.253 e. The predicted octanol–water partition coefficient (Wildman–Crippen LogP) is 1.02. The van der Waals surface area contributed by atoms with Crippen LogP contribution in [-0.2, 0) is 11.3 Å². The Balaban J connectivity index is 2.03. The van der Waals surface area contributed by atoms with Crippen molar-refractivity contribution in [2.75, 3.05) is 5.32 Å². The lowest BCUT2D eigenvalue weighted by Gasteiger charge is -2.06. The van der Waals surface area contributed by atoms with Crippen molar-refractivity contribution in [3.63, 3.8) is 0 Å². The van der Waals surface area contributed by atoms with Crippen LogP contribution in [0.3, 0.4) is 0 Å². The Labute approximate surface area is 102 Å². The van der Waals surface area contributed by atoms with Gasteiger partial charge in [0.05, 0.1) is 6.33 Å². The lowest BCUT2D eigenvalue weighted by molar-refractivity contribution is -0.116. The second-order valence-electron chi connectivity index (χ2n) is 3.60. The van der Waals surface area contributed by atoms with E-state index >= 15 is 0 Å². The van der Waals surface area contributed by atoms with E-state index in [1.165, 1.54) is 47.4 Å². The van der Waals surface area contributed by atoms with Crippen molar-refractivity contribution in [1.29, 1.82) is 0 Å². The van der Waals surface area contributed by atoms with Crippen LogP contribution in [0.25, 0.3) is 0 Å². The van der Waals surface area contributed by atoms with Gasteiger partial charge in [0.15, 0.2) is 0 Å². The molecule has 0 saturated carbocycles. The van der Waals surface area contributed by atoms with E-state index in [0.29, 0.717) is 5.69 Å². The summed E-state index contributed by atoms with van der Waals surface area (Å²) in [7, 11) is 0. The minimum Gasteiger partial charge on any atom is -0.325 e. The number of benzene rings is 1. The molecule has 0 saturated heterocycles. The van der Waals surface area contributed by atoms with E-state index in [4.69, 9.17) is 0 Å². The summed E-state index contributed by atoms with van der Waals surface area (Å²) >= 11 is 0. The molecule has 2 rings (SSSR count). The Bertz CT molecular complexity index is 607. The Morgan fingerprint density at radius 3 is 2.67 bits per heavy atom. The normalized spacial score (nSPS) is 10.1. The molecule has 0 radical (unpaired) electrons. The number of aromatic nitrogens is 2. The average molecular weight is 247 g/mol. The standard InChI is InChI=1S/C12H10FN3O2/c13-9-1-3-10(4-2-9)15-11(17)7-16-8-14-6-5-12(16)18/h1-6,8H,7H2,(H,15,17). The van der Waals surface area contributed by atoms with Crippen molar-refractivity contribution in [3.05, 3.63) is 59.0 Å². The quantitative estimate of drug-likeness (QED) is 0.880. The average Bonchev–Trinajstić information content (AvgIpc) is 2.35. The monoisotopic (exact) mass is 247 g/mol. The zero-order valence-corrected chi connectivity index (χ0v) is 9.34. The van der Waals surface area contributed by atoms with Gasteiger partial charge in [0.2, 0.25) is 5.91 Å². The third-order valence-electron chi connectivity index (χ3n) is 2.23. The molecule has 0 aliphatic rings. The van der Waals surface area contributed by atoms with Crippen LogP contribution in [0.1, 0.15) is 0 Å².